The lowest BCUT2D eigenvalue weighted by atomic mass is 10.1. The largest absolute Gasteiger partial charge is 0.486 e. The van der Waals surface area contributed by atoms with E-state index in [1.165, 1.54) is 0 Å². The van der Waals surface area contributed by atoms with Gasteiger partial charge in [-0.25, -0.2) is 0 Å². The number of nitrogens with one attached hydrogen (secondary N) is 1. The Labute approximate surface area is 136 Å². The minimum absolute atomic E-state index is 0.0476. The maximum Gasteiger partial charge on any atom is 0.221 e. The average molecular weight is 320 g/mol. The number of fused-ring (bicyclic) bond motifs is 1. The molecule has 2 aliphatic heterocycles. The summed E-state index contributed by atoms with van der Waals surface area (Å²) in [5.41, 5.74) is 0. The van der Waals surface area contributed by atoms with Crippen molar-refractivity contribution in [3.63, 3.8) is 0 Å². The van der Waals surface area contributed by atoms with Crippen LogP contribution in [0.5, 0.6) is 11.5 Å². The summed E-state index contributed by atoms with van der Waals surface area (Å²) in [6, 6.07) is 7.50. The van der Waals surface area contributed by atoms with Crippen LogP contribution in [0.4, 0.5) is 0 Å². The minimum atomic E-state index is -0.169. The fourth-order valence-corrected chi connectivity index (χ4v) is 2.79. The van der Waals surface area contributed by atoms with E-state index < -0.39 is 0 Å². The van der Waals surface area contributed by atoms with Crippen molar-refractivity contribution in [2.75, 3.05) is 39.5 Å². The summed E-state index contributed by atoms with van der Waals surface area (Å²) in [5, 5.41) is 3.02. The molecule has 1 aromatic carbocycles. The Balaban J connectivity index is 1.43. The van der Waals surface area contributed by atoms with Gasteiger partial charge in [-0.1, -0.05) is 12.1 Å². The first kappa shape index (κ1) is 16.1. The fraction of sp³-hybridized carbons (Fsp3) is 0.588. The molecule has 2 aliphatic rings. The number of nitrogens with zero attached hydrogens (tertiary/aromatic N) is 1. The maximum absolute atomic E-state index is 12.1. The monoisotopic (exact) mass is 320 g/mol. The highest BCUT2D eigenvalue weighted by atomic mass is 16.6. The van der Waals surface area contributed by atoms with Crippen LogP contribution >= 0.6 is 0 Å². The van der Waals surface area contributed by atoms with Crippen LogP contribution in [0.3, 0.4) is 0 Å². The van der Waals surface area contributed by atoms with Crippen LogP contribution in [0.1, 0.15) is 13.3 Å². The third kappa shape index (κ3) is 4.36. The molecule has 0 bridgehead atoms. The Hall–Kier alpha value is -1.79. The average Bonchev–Trinajstić information content (AvgIpc) is 2.60. The molecule has 1 N–H and O–H groups in total. The Morgan fingerprint density at radius 2 is 2.04 bits per heavy atom. The molecule has 2 heterocycles. The number of carbonyl (C=O) groups excluding carboxylic acids is 1. The maximum atomic E-state index is 12.1. The number of rotatable bonds is 5. The molecule has 23 heavy (non-hydrogen) atoms. The molecule has 6 nitrogen and oxygen atoms in total. The predicted octanol–water partition coefficient (Wildman–Crippen LogP) is 1.05. The van der Waals surface area contributed by atoms with Crippen molar-refractivity contribution in [3.05, 3.63) is 24.3 Å². The van der Waals surface area contributed by atoms with Crippen molar-refractivity contribution in [1.29, 1.82) is 0 Å². The predicted molar refractivity (Wildman–Crippen MR) is 85.8 cm³/mol. The van der Waals surface area contributed by atoms with Gasteiger partial charge in [-0.15, -0.1) is 0 Å². The first-order chi connectivity index (χ1) is 11.2. The van der Waals surface area contributed by atoms with Gasteiger partial charge in [-0.3, -0.25) is 9.69 Å². The van der Waals surface area contributed by atoms with Crippen LogP contribution in [-0.4, -0.2) is 62.4 Å². The molecule has 1 aromatic rings. The Morgan fingerprint density at radius 1 is 1.30 bits per heavy atom. The molecule has 0 aliphatic carbocycles. The highest BCUT2D eigenvalue weighted by Gasteiger charge is 2.27. The zero-order valence-corrected chi connectivity index (χ0v) is 13.5. The summed E-state index contributed by atoms with van der Waals surface area (Å²) in [4.78, 5) is 14.4. The second kappa shape index (κ2) is 7.66. The summed E-state index contributed by atoms with van der Waals surface area (Å²) in [5.74, 6) is 1.54. The summed E-state index contributed by atoms with van der Waals surface area (Å²) in [7, 11) is 0. The number of amides is 1. The number of carbonyl (C=O) groups is 1. The van der Waals surface area contributed by atoms with Crippen molar-refractivity contribution in [2.45, 2.75) is 25.5 Å². The van der Waals surface area contributed by atoms with E-state index in [0.29, 0.717) is 13.0 Å². The van der Waals surface area contributed by atoms with E-state index in [4.69, 9.17) is 14.2 Å². The summed E-state index contributed by atoms with van der Waals surface area (Å²) >= 11 is 0. The molecule has 3 rings (SSSR count). The highest BCUT2D eigenvalue weighted by Crippen LogP contribution is 2.31. The molecule has 0 saturated carbocycles. The molecule has 6 heteroatoms. The highest BCUT2D eigenvalue weighted by molar-refractivity contribution is 5.76. The van der Waals surface area contributed by atoms with Crippen molar-refractivity contribution >= 4 is 5.91 Å². The van der Waals surface area contributed by atoms with Crippen molar-refractivity contribution < 1.29 is 19.0 Å². The van der Waals surface area contributed by atoms with Crippen LogP contribution in [0, 0.1) is 0 Å². The number of ether oxygens (including phenoxy) is 3. The summed E-state index contributed by atoms with van der Waals surface area (Å²) in [6.07, 6.45) is 0.325. The van der Waals surface area contributed by atoms with Crippen LogP contribution in [-0.2, 0) is 9.53 Å². The van der Waals surface area contributed by atoms with E-state index in [0.717, 1.165) is 44.3 Å². The number of hydrogen-bond donors (Lipinski definition) is 1. The molecule has 1 saturated heterocycles. The lowest BCUT2D eigenvalue weighted by Crippen LogP contribution is -2.48. The van der Waals surface area contributed by atoms with E-state index in [2.05, 4.69) is 10.2 Å². The van der Waals surface area contributed by atoms with Crippen molar-refractivity contribution in [2.24, 2.45) is 0 Å². The number of para-hydroxylation sites is 2. The lowest BCUT2D eigenvalue weighted by Gasteiger charge is -2.31. The topological polar surface area (TPSA) is 60.0 Å². The summed E-state index contributed by atoms with van der Waals surface area (Å²) < 4.78 is 16.9. The second-order valence-electron chi connectivity index (χ2n) is 5.97. The number of morpholine rings is 1. The molecular weight excluding hydrogens is 296 g/mol. The van der Waals surface area contributed by atoms with Gasteiger partial charge >= 0.3 is 0 Å². The van der Waals surface area contributed by atoms with Gasteiger partial charge in [-0.05, 0) is 19.1 Å². The van der Waals surface area contributed by atoms with Crippen LogP contribution in [0.15, 0.2) is 24.3 Å². The quantitative estimate of drug-likeness (QED) is 0.879. The molecule has 1 fully saturated rings. The Bertz CT molecular complexity index is 531. The van der Waals surface area contributed by atoms with Gasteiger partial charge in [0.15, 0.2) is 17.6 Å². The minimum Gasteiger partial charge on any atom is -0.486 e. The fourth-order valence-electron chi connectivity index (χ4n) is 2.79. The normalized spacial score (nSPS) is 22.4. The van der Waals surface area contributed by atoms with Crippen LogP contribution < -0.4 is 14.8 Å². The standard InChI is InChI=1S/C17H24N2O4/c1-13(16-12-22-14-4-2-3-5-15(14)23-16)18-17(20)6-7-19-8-10-21-11-9-19/h2-5,13,16H,6-12H2,1H3,(H,18,20)/t13-,16-/m1/s1. The molecule has 126 valence electrons. The smallest absolute Gasteiger partial charge is 0.221 e. The molecule has 0 aromatic heterocycles. The van der Waals surface area contributed by atoms with Gasteiger partial charge in [0, 0.05) is 26.1 Å². The van der Waals surface area contributed by atoms with E-state index in [1.807, 2.05) is 31.2 Å². The second-order valence-corrected chi connectivity index (χ2v) is 5.97. The van der Waals surface area contributed by atoms with E-state index >= 15 is 0 Å². The van der Waals surface area contributed by atoms with Crippen molar-refractivity contribution in [3.8, 4) is 11.5 Å². The van der Waals surface area contributed by atoms with Gasteiger partial charge in [0.05, 0.1) is 19.3 Å². The Kier molecular flexibility index (Phi) is 5.35. The van der Waals surface area contributed by atoms with Gasteiger partial charge in [0.2, 0.25) is 5.91 Å². The molecule has 2 atom stereocenters. The number of benzene rings is 1. The third-order valence-electron chi connectivity index (χ3n) is 4.24. The SMILES string of the molecule is C[C@@H](NC(=O)CCN1CCOCC1)[C@H]1COc2ccccc2O1. The van der Waals surface area contributed by atoms with Crippen LogP contribution in [0.2, 0.25) is 0 Å². The van der Waals surface area contributed by atoms with Gasteiger partial charge in [-0.2, -0.15) is 0 Å². The third-order valence-corrected chi connectivity index (χ3v) is 4.24. The molecule has 0 radical (unpaired) electrons. The first-order valence-electron chi connectivity index (χ1n) is 8.20. The molecule has 1 amide bonds. The van der Waals surface area contributed by atoms with Gasteiger partial charge < -0.3 is 19.5 Å². The molecule has 0 unspecified atom stereocenters. The Morgan fingerprint density at radius 3 is 2.83 bits per heavy atom. The zero-order valence-electron chi connectivity index (χ0n) is 13.5. The number of hydrogen-bond acceptors (Lipinski definition) is 5. The lowest BCUT2D eigenvalue weighted by molar-refractivity contribution is -0.123. The van der Waals surface area contributed by atoms with E-state index in [-0.39, 0.29) is 18.1 Å². The van der Waals surface area contributed by atoms with Gasteiger partial charge in [0.25, 0.3) is 0 Å². The van der Waals surface area contributed by atoms with E-state index in [1.54, 1.807) is 0 Å². The van der Waals surface area contributed by atoms with Gasteiger partial charge in [0.1, 0.15) is 6.61 Å². The van der Waals surface area contributed by atoms with Crippen LogP contribution in [0.25, 0.3) is 0 Å². The van der Waals surface area contributed by atoms with Crippen molar-refractivity contribution in [1.82, 2.24) is 10.2 Å². The molecular formula is C17H24N2O4. The summed E-state index contributed by atoms with van der Waals surface area (Å²) in [6.45, 7) is 6.48. The molecule has 0 spiro atoms. The zero-order chi connectivity index (χ0) is 16.1. The first-order valence-corrected chi connectivity index (χ1v) is 8.20. The van der Waals surface area contributed by atoms with E-state index in [9.17, 15) is 4.79 Å².